The predicted molar refractivity (Wildman–Crippen MR) is 66.8 cm³/mol. The summed E-state index contributed by atoms with van der Waals surface area (Å²) in [6, 6.07) is 11.4. The highest BCUT2D eigenvalue weighted by Gasteiger charge is 2.05. The van der Waals surface area contributed by atoms with Crippen LogP contribution in [0.1, 0.15) is 5.56 Å². The molecule has 4 heteroatoms. The third-order valence-electron chi connectivity index (χ3n) is 2.41. The Balaban J connectivity index is 2.13. The van der Waals surface area contributed by atoms with Gasteiger partial charge < -0.3 is 10.4 Å². The first-order valence-corrected chi connectivity index (χ1v) is 5.51. The van der Waals surface area contributed by atoms with Gasteiger partial charge in [-0.1, -0.05) is 35.9 Å². The van der Waals surface area contributed by atoms with Crippen molar-refractivity contribution in [3.63, 3.8) is 0 Å². The van der Waals surface area contributed by atoms with Gasteiger partial charge in [0, 0.05) is 12.1 Å². The molecule has 0 spiro atoms. The zero-order valence-electron chi connectivity index (χ0n) is 8.95. The molecule has 0 saturated heterocycles. The van der Waals surface area contributed by atoms with Gasteiger partial charge in [0.1, 0.15) is 11.6 Å². The number of nitrogens with one attached hydrogen (secondary N) is 1. The van der Waals surface area contributed by atoms with Crippen molar-refractivity contribution in [1.82, 2.24) is 0 Å². The Hall–Kier alpha value is -1.74. The van der Waals surface area contributed by atoms with Crippen LogP contribution < -0.4 is 5.32 Å². The van der Waals surface area contributed by atoms with Crippen molar-refractivity contribution in [2.24, 2.45) is 0 Å². The second-order valence-corrected chi connectivity index (χ2v) is 3.99. The molecule has 2 aromatic carbocycles. The van der Waals surface area contributed by atoms with Crippen LogP contribution in [0.5, 0.6) is 5.75 Å². The molecule has 2 rings (SSSR count). The molecular formula is C13H11ClFNO. The Labute approximate surface area is 104 Å². The minimum Gasteiger partial charge on any atom is -0.506 e. The van der Waals surface area contributed by atoms with Gasteiger partial charge in [0.25, 0.3) is 0 Å². The van der Waals surface area contributed by atoms with E-state index in [2.05, 4.69) is 5.32 Å². The van der Waals surface area contributed by atoms with Crippen molar-refractivity contribution >= 4 is 17.3 Å². The summed E-state index contributed by atoms with van der Waals surface area (Å²) < 4.78 is 13.3. The minimum absolute atomic E-state index is 0.0259. The molecule has 0 fully saturated rings. The maximum absolute atomic E-state index is 13.3. The van der Waals surface area contributed by atoms with Crippen molar-refractivity contribution in [3.05, 3.63) is 58.9 Å². The van der Waals surface area contributed by atoms with Crippen molar-refractivity contribution in [3.8, 4) is 5.75 Å². The van der Waals surface area contributed by atoms with Gasteiger partial charge in [0.15, 0.2) is 0 Å². The molecule has 0 atom stereocenters. The van der Waals surface area contributed by atoms with Crippen LogP contribution in [0.15, 0.2) is 42.5 Å². The first-order chi connectivity index (χ1) is 8.18. The van der Waals surface area contributed by atoms with E-state index in [1.165, 1.54) is 6.07 Å². The average molecular weight is 252 g/mol. The van der Waals surface area contributed by atoms with Crippen LogP contribution >= 0.6 is 11.6 Å². The molecule has 0 aliphatic rings. The minimum atomic E-state index is -0.325. The van der Waals surface area contributed by atoms with Gasteiger partial charge in [-0.15, -0.1) is 0 Å². The highest BCUT2D eigenvalue weighted by atomic mass is 35.5. The molecule has 17 heavy (non-hydrogen) atoms. The topological polar surface area (TPSA) is 32.3 Å². The monoisotopic (exact) mass is 251 g/mol. The molecule has 2 N–H and O–H groups in total. The normalized spacial score (nSPS) is 10.2. The molecule has 0 aliphatic heterocycles. The second-order valence-electron chi connectivity index (χ2n) is 3.58. The summed E-state index contributed by atoms with van der Waals surface area (Å²) in [6.07, 6.45) is 0. The van der Waals surface area contributed by atoms with E-state index in [0.717, 1.165) is 0 Å². The van der Waals surface area contributed by atoms with Crippen molar-refractivity contribution < 1.29 is 9.50 Å². The highest BCUT2D eigenvalue weighted by molar-refractivity contribution is 6.32. The number of hydrogen-bond donors (Lipinski definition) is 2. The highest BCUT2D eigenvalue weighted by Crippen LogP contribution is 2.27. The number of anilines is 1. The van der Waals surface area contributed by atoms with E-state index in [1.54, 1.807) is 36.4 Å². The summed E-state index contributed by atoms with van der Waals surface area (Å²) in [5.74, 6) is -0.299. The quantitative estimate of drug-likeness (QED) is 0.870. The van der Waals surface area contributed by atoms with E-state index >= 15 is 0 Å². The van der Waals surface area contributed by atoms with Gasteiger partial charge in [-0.3, -0.25) is 0 Å². The first kappa shape index (κ1) is 11.7. The van der Waals surface area contributed by atoms with Crippen LogP contribution in [0.25, 0.3) is 0 Å². The van der Waals surface area contributed by atoms with Crippen LogP contribution in [0.2, 0.25) is 5.02 Å². The third-order valence-corrected chi connectivity index (χ3v) is 2.72. The molecule has 2 nitrogen and oxygen atoms in total. The van der Waals surface area contributed by atoms with E-state index in [-0.39, 0.29) is 16.6 Å². The Morgan fingerprint density at radius 3 is 2.65 bits per heavy atom. The first-order valence-electron chi connectivity index (χ1n) is 5.13. The van der Waals surface area contributed by atoms with Gasteiger partial charge in [-0.25, -0.2) is 4.39 Å². The SMILES string of the molecule is Oc1c(Cl)cccc1CNc1ccccc1F. The lowest BCUT2D eigenvalue weighted by Gasteiger charge is -2.09. The Kier molecular flexibility index (Phi) is 3.49. The molecule has 0 unspecified atom stereocenters. The number of benzene rings is 2. The maximum Gasteiger partial charge on any atom is 0.146 e. The van der Waals surface area contributed by atoms with Crippen LogP contribution in [-0.2, 0) is 6.54 Å². The number of phenolic OH excluding ortho intramolecular Hbond substituents is 1. The van der Waals surface area contributed by atoms with E-state index in [0.29, 0.717) is 17.8 Å². The van der Waals surface area contributed by atoms with Crippen molar-refractivity contribution in [1.29, 1.82) is 0 Å². The standard InChI is InChI=1S/C13H11ClFNO/c14-10-5-3-4-9(13(10)17)8-16-12-7-2-1-6-11(12)15/h1-7,16-17H,8H2. The summed E-state index contributed by atoms with van der Waals surface area (Å²) in [4.78, 5) is 0. The molecule has 0 aliphatic carbocycles. The van der Waals surface area contributed by atoms with E-state index in [4.69, 9.17) is 11.6 Å². The lowest BCUT2D eigenvalue weighted by Crippen LogP contribution is -2.01. The van der Waals surface area contributed by atoms with Crippen LogP contribution in [0.4, 0.5) is 10.1 Å². The van der Waals surface area contributed by atoms with Gasteiger partial charge in [0.2, 0.25) is 0 Å². The van der Waals surface area contributed by atoms with Gasteiger partial charge in [0.05, 0.1) is 10.7 Å². The molecule has 0 bridgehead atoms. The number of aromatic hydroxyl groups is 1. The van der Waals surface area contributed by atoms with Crippen LogP contribution in [-0.4, -0.2) is 5.11 Å². The lowest BCUT2D eigenvalue weighted by molar-refractivity contribution is 0.469. The third kappa shape index (κ3) is 2.68. The molecule has 0 radical (unpaired) electrons. The number of hydrogen-bond acceptors (Lipinski definition) is 2. The fraction of sp³-hybridized carbons (Fsp3) is 0.0769. The second kappa shape index (κ2) is 5.06. The molecule has 0 aromatic heterocycles. The summed E-state index contributed by atoms with van der Waals surface area (Å²) >= 11 is 5.77. The summed E-state index contributed by atoms with van der Waals surface area (Å²) in [7, 11) is 0. The van der Waals surface area contributed by atoms with E-state index in [1.807, 2.05) is 0 Å². The van der Waals surface area contributed by atoms with Gasteiger partial charge >= 0.3 is 0 Å². The smallest absolute Gasteiger partial charge is 0.146 e. The molecule has 2 aromatic rings. The Morgan fingerprint density at radius 1 is 1.12 bits per heavy atom. The fourth-order valence-corrected chi connectivity index (χ4v) is 1.69. The Bertz CT molecular complexity index is 531. The van der Waals surface area contributed by atoms with Crippen LogP contribution in [0, 0.1) is 5.82 Å². The average Bonchev–Trinajstić information content (AvgIpc) is 2.33. The van der Waals surface area contributed by atoms with Crippen LogP contribution in [0.3, 0.4) is 0 Å². The number of rotatable bonds is 3. The van der Waals surface area contributed by atoms with Crippen molar-refractivity contribution in [2.75, 3.05) is 5.32 Å². The number of phenols is 1. The maximum atomic E-state index is 13.3. The predicted octanol–water partition coefficient (Wildman–Crippen LogP) is 3.80. The fourth-order valence-electron chi connectivity index (χ4n) is 1.50. The molecule has 0 saturated carbocycles. The summed E-state index contributed by atoms with van der Waals surface area (Å²) in [5, 5.41) is 12.9. The zero-order chi connectivity index (χ0) is 12.3. The lowest BCUT2D eigenvalue weighted by atomic mass is 10.2. The molecule has 0 heterocycles. The summed E-state index contributed by atoms with van der Waals surface area (Å²) in [5.41, 5.74) is 1.02. The zero-order valence-corrected chi connectivity index (χ0v) is 9.71. The molecule has 88 valence electrons. The largest absolute Gasteiger partial charge is 0.506 e. The number of halogens is 2. The van der Waals surface area contributed by atoms with E-state index in [9.17, 15) is 9.50 Å². The summed E-state index contributed by atoms with van der Waals surface area (Å²) in [6.45, 7) is 0.313. The van der Waals surface area contributed by atoms with Gasteiger partial charge in [-0.2, -0.15) is 0 Å². The molecule has 0 amide bonds. The number of para-hydroxylation sites is 2. The van der Waals surface area contributed by atoms with E-state index < -0.39 is 0 Å². The van der Waals surface area contributed by atoms with Gasteiger partial charge in [-0.05, 0) is 18.2 Å². The van der Waals surface area contributed by atoms with Crippen molar-refractivity contribution in [2.45, 2.75) is 6.54 Å². The Morgan fingerprint density at radius 2 is 1.88 bits per heavy atom. The molecular weight excluding hydrogens is 241 g/mol.